The van der Waals surface area contributed by atoms with Gasteiger partial charge in [0, 0.05) is 25.0 Å². The number of hydrazone groups is 1. The first-order valence-corrected chi connectivity index (χ1v) is 8.97. The van der Waals surface area contributed by atoms with Crippen molar-refractivity contribution in [3.05, 3.63) is 70.0 Å². The molecule has 4 aromatic rings. The number of aryl methyl sites for hydroxylation is 2. The lowest BCUT2D eigenvalue weighted by molar-refractivity contribution is 0.795. The maximum absolute atomic E-state index is 12.0. The summed E-state index contributed by atoms with van der Waals surface area (Å²) >= 11 is 1.51. The number of imidazole rings is 1. The van der Waals surface area contributed by atoms with Crippen LogP contribution in [-0.2, 0) is 14.1 Å². The number of benzene rings is 2. The molecule has 0 saturated heterocycles. The number of rotatable bonds is 4. The van der Waals surface area contributed by atoms with Crippen molar-refractivity contribution in [2.45, 2.75) is 0 Å². The number of hydrogen-bond acceptors (Lipinski definition) is 5. The van der Waals surface area contributed by atoms with Gasteiger partial charge in [-0.05, 0) is 17.7 Å². The van der Waals surface area contributed by atoms with Crippen molar-refractivity contribution in [2.24, 2.45) is 19.2 Å². The Hall–Kier alpha value is -3.19. The van der Waals surface area contributed by atoms with Crippen LogP contribution < -0.4 is 11.1 Å². The van der Waals surface area contributed by atoms with Gasteiger partial charge >= 0.3 is 5.69 Å². The lowest BCUT2D eigenvalue weighted by Crippen LogP contribution is -2.19. The van der Waals surface area contributed by atoms with Crippen LogP contribution in [0, 0.1) is 0 Å². The summed E-state index contributed by atoms with van der Waals surface area (Å²) in [6.07, 6.45) is 1.72. The van der Waals surface area contributed by atoms with Gasteiger partial charge < -0.3 is 0 Å². The fourth-order valence-electron chi connectivity index (χ4n) is 2.83. The number of nitrogens with zero attached hydrogens (tertiary/aromatic N) is 4. The molecule has 2 heterocycles. The average Bonchev–Trinajstić information content (AvgIpc) is 3.23. The largest absolute Gasteiger partial charge is 0.328 e. The first-order chi connectivity index (χ1) is 12.6. The van der Waals surface area contributed by atoms with E-state index in [1.165, 1.54) is 11.3 Å². The Kier molecular flexibility index (Phi) is 4.14. The van der Waals surface area contributed by atoms with Gasteiger partial charge in [-0.3, -0.25) is 14.6 Å². The van der Waals surface area contributed by atoms with Crippen LogP contribution in [0.15, 0.2) is 63.8 Å². The van der Waals surface area contributed by atoms with E-state index >= 15 is 0 Å². The maximum atomic E-state index is 12.0. The maximum Gasteiger partial charge on any atom is 0.328 e. The number of nitrogens with one attached hydrogen (secondary N) is 1. The summed E-state index contributed by atoms with van der Waals surface area (Å²) in [5, 5.41) is 6.99. The highest BCUT2D eigenvalue weighted by atomic mass is 32.1. The van der Waals surface area contributed by atoms with E-state index in [4.69, 9.17) is 0 Å². The van der Waals surface area contributed by atoms with Crippen LogP contribution in [0.2, 0.25) is 0 Å². The van der Waals surface area contributed by atoms with Crippen molar-refractivity contribution < 1.29 is 0 Å². The molecule has 4 rings (SSSR count). The molecule has 0 spiro atoms. The zero-order valence-electron chi connectivity index (χ0n) is 14.4. The van der Waals surface area contributed by atoms with E-state index in [9.17, 15) is 4.79 Å². The molecule has 2 aromatic carbocycles. The topological polar surface area (TPSA) is 64.2 Å². The third-order valence-corrected chi connectivity index (χ3v) is 4.99. The van der Waals surface area contributed by atoms with Crippen LogP contribution in [-0.4, -0.2) is 20.3 Å². The van der Waals surface area contributed by atoms with Crippen molar-refractivity contribution in [2.75, 3.05) is 5.43 Å². The zero-order valence-corrected chi connectivity index (χ0v) is 15.2. The van der Waals surface area contributed by atoms with Crippen LogP contribution in [0.3, 0.4) is 0 Å². The Bertz CT molecular complexity index is 1150. The van der Waals surface area contributed by atoms with Gasteiger partial charge in [-0.15, -0.1) is 11.3 Å². The first-order valence-electron chi connectivity index (χ1n) is 8.09. The van der Waals surface area contributed by atoms with E-state index in [0.29, 0.717) is 0 Å². The molecule has 26 heavy (non-hydrogen) atoms. The Labute approximate surface area is 154 Å². The van der Waals surface area contributed by atoms with Gasteiger partial charge in [-0.1, -0.05) is 36.4 Å². The van der Waals surface area contributed by atoms with E-state index < -0.39 is 0 Å². The van der Waals surface area contributed by atoms with E-state index in [1.54, 1.807) is 29.4 Å². The highest BCUT2D eigenvalue weighted by Gasteiger charge is 2.07. The summed E-state index contributed by atoms with van der Waals surface area (Å²) in [4.78, 5) is 16.5. The predicted molar refractivity (Wildman–Crippen MR) is 107 cm³/mol. The second-order valence-electron chi connectivity index (χ2n) is 5.92. The molecule has 0 radical (unpaired) electrons. The second kappa shape index (κ2) is 6.61. The minimum absolute atomic E-state index is 0.0385. The summed E-state index contributed by atoms with van der Waals surface area (Å²) in [6, 6.07) is 15.8. The Morgan fingerprint density at radius 2 is 1.85 bits per heavy atom. The van der Waals surface area contributed by atoms with Gasteiger partial charge in [-0.25, -0.2) is 9.78 Å². The summed E-state index contributed by atoms with van der Waals surface area (Å²) in [7, 11) is 3.54. The van der Waals surface area contributed by atoms with Gasteiger partial charge in [0.05, 0.1) is 22.9 Å². The third kappa shape index (κ3) is 2.93. The van der Waals surface area contributed by atoms with Gasteiger partial charge in [0.1, 0.15) is 0 Å². The number of fused-ring (bicyclic) bond motifs is 1. The third-order valence-electron chi connectivity index (χ3n) is 4.24. The van der Waals surface area contributed by atoms with E-state index in [0.717, 1.165) is 33.0 Å². The van der Waals surface area contributed by atoms with Crippen LogP contribution >= 0.6 is 11.3 Å². The van der Waals surface area contributed by atoms with Gasteiger partial charge in [-0.2, -0.15) is 5.10 Å². The molecule has 0 atom stereocenters. The molecule has 0 aliphatic heterocycles. The highest BCUT2D eigenvalue weighted by Crippen LogP contribution is 2.24. The molecule has 0 aliphatic carbocycles. The average molecular weight is 363 g/mol. The lowest BCUT2D eigenvalue weighted by atomic mass is 10.2. The molecule has 0 aliphatic rings. The lowest BCUT2D eigenvalue weighted by Gasteiger charge is -1.98. The summed E-state index contributed by atoms with van der Waals surface area (Å²) in [6.45, 7) is 0. The van der Waals surface area contributed by atoms with Gasteiger partial charge in [0.25, 0.3) is 0 Å². The monoisotopic (exact) mass is 363 g/mol. The minimum Gasteiger partial charge on any atom is -0.295 e. The van der Waals surface area contributed by atoms with Gasteiger partial charge in [0.2, 0.25) is 5.13 Å². The SMILES string of the molecule is Cn1c(=O)n(C)c2cc(C=NNc3nc(-c4ccccc4)cs3)ccc21. The molecule has 0 unspecified atom stereocenters. The van der Waals surface area contributed by atoms with Crippen molar-refractivity contribution in [3.8, 4) is 11.3 Å². The van der Waals surface area contributed by atoms with E-state index in [-0.39, 0.29) is 5.69 Å². The molecule has 6 nitrogen and oxygen atoms in total. The van der Waals surface area contributed by atoms with E-state index in [1.807, 2.05) is 53.9 Å². The standard InChI is InChI=1S/C19H17N5OS/c1-23-16-9-8-13(10-17(16)24(2)19(23)25)11-20-22-18-21-15(12-26-18)14-6-4-3-5-7-14/h3-12H,1-2H3,(H,21,22). The molecule has 2 aromatic heterocycles. The Balaban J connectivity index is 1.52. The van der Waals surface area contributed by atoms with Crippen molar-refractivity contribution in [1.82, 2.24) is 14.1 Å². The molecule has 130 valence electrons. The second-order valence-corrected chi connectivity index (χ2v) is 6.78. The molecule has 0 fully saturated rings. The zero-order chi connectivity index (χ0) is 18.1. The number of anilines is 1. The fourth-order valence-corrected chi connectivity index (χ4v) is 3.50. The summed E-state index contributed by atoms with van der Waals surface area (Å²) in [5.74, 6) is 0. The summed E-state index contributed by atoms with van der Waals surface area (Å²) in [5.41, 5.74) is 7.62. The normalized spacial score (nSPS) is 11.5. The first kappa shape index (κ1) is 16.3. The molecular weight excluding hydrogens is 346 g/mol. The van der Waals surface area contributed by atoms with Crippen molar-refractivity contribution in [1.29, 1.82) is 0 Å². The van der Waals surface area contributed by atoms with Gasteiger partial charge in [0.15, 0.2) is 0 Å². The van der Waals surface area contributed by atoms with Crippen LogP contribution in [0.1, 0.15) is 5.56 Å². The molecular formula is C19H17N5OS. The molecule has 7 heteroatoms. The smallest absolute Gasteiger partial charge is 0.295 e. The quantitative estimate of drug-likeness (QED) is 0.446. The minimum atomic E-state index is -0.0385. The van der Waals surface area contributed by atoms with Crippen LogP contribution in [0.5, 0.6) is 0 Å². The Morgan fingerprint density at radius 1 is 1.08 bits per heavy atom. The predicted octanol–water partition coefficient (Wildman–Crippen LogP) is 3.45. The summed E-state index contributed by atoms with van der Waals surface area (Å²) < 4.78 is 3.27. The van der Waals surface area contributed by atoms with Crippen LogP contribution in [0.25, 0.3) is 22.3 Å². The highest BCUT2D eigenvalue weighted by molar-refractivity contribution is 7.14. The van der Waals surface area contributed by atoms with Crippen LogP contribution in [0.4, 0.5) is 5.13 Å². The molecule has 0 saturated carbocycles. The number of aromatic nitrogens is 3. The van der Waals surface area contributed by atoms with Crippen molar-refractivity contribution >= 4 is 33.7 Å². The molecule has 0 bridgehead atoms. The number of thiazole rings is 1. The Morgan fingerprint density at radius 3 is 2.65 bits per heavy atom. The van der Waals surface area contributed by atoms with E-state index in [2.05, 4.69) is 15.5 Å². The number of hydrogen-bond donors (Lipinski definition) is 1. The molecule has 0 amide bonds. The fraction of sp³-hybridized carbons (Fsp3) is 0.105. The molecule has 1 N–H and O–H groups in total. The van der Waals surface area contributed by atoms with Crippen molar-refractivity contribution in [3.63, 3.8) is 0 Å².